The number of carbonyl (C=O) groups excluding carboxylic acids is 1. The Morgan fingerprint density at radius 3 is 2.25 bits per heavy atom. The summed E-state index contributed by atoms with van der Waals surface area (Å²) in [5.41, 5.74) is 3.48. The van der Waals surface area contributed by atoms with Crippen molar-refractivity contribution in [1.82, 2.24) is 10.2 Å². The summed E-state index contributed by atoms with van der Waals surface area (Å²) >= 11 is 0. The van der Waals surface area contributed by atoms with Crippen LogP contribution in [0.5, 0.6) is 0 Å². The quantitative estimate of drug-likeness (QED) is 0.410. The van der Waals surface area contributed by atoms with Crippen molar-refractivity contribution in [2.75, 3.05) is 5.32 Å². The number of nitrogens with zero attached hydrogens (tertiary/aromatic N) is 2. The number of hydrogen-bond donors (Lipinski definition) is 2. The monoisotopic (exact) mass is 487 g/mol. The van der Waals surface area contributed by atoms with E-state index in [-0.39, 0.29) is 5.89 Å². The third-order valence-corrected chi connectivity index (χ3v) is 8.17. The highest BCUT2D eigenvalue weighted by atomic mass is 16.4. The molecule has 0 atom stereocenters. The fraction of sp³-hybridized carbons (Fsp3) is 0.448. The van der Waals surface area contributed by atoms with Gasteiger partial charge in [0.25, 0.3) is 0 Å². The van der Waals surface area contributed by atoms with Crippen molar-refractivity contribution in [3.05, 3.63) is 77.5 Å². The number of rotatable bonds is 7. The maximum absolute atomic E-state index is 12.6. The van der Waals surface area contributed by atoms with Gasteiger partial charge in [-0.3, -0.25) is 9.59 Å². The SMILES string of the molecule is O=C(O)CC1CCC2(CC1)CCC(c1ccc(NC(=O)c3nnc(Cc4ccccc4)o3)cc1)CC2. The molecule has 0 saturated heterocycles. The van der Waals surface area contributed by atoms with Crippen LogP contribution in [0.1, 0.15) is 91.4 Å². The van der Waals surface area contributed by atoms with E-state index in [0.717, 1.165) is 18.4 Å². The standard InChI is InChI=1S/C29H33N3O4/c33-26(34)19-21-10-14-29(15-11-21)16-12-23(13-17-29)22-6-8-24(9-7-22)30-27(35)28-32-31-25(36-28)18-20-4-2-1-3-5-20/h1-9,21,23H,10-19H2,(H,30,35)(H,33,34). The zero-order chi connectivity index (χ0) is 25.0. The van der Waals surface area contributed by atoms with E-state index in [9.17, 15) is 9.59 Å². The van der Waals surface area contributed by atoms with Crippen LogP contribution >= 0.6 is 0 Å². The molecule has 0 radical (unpaired) electrons. The maximum Gasteiger partial charge on any atom is 0.313 e. The number of anilines is 1. The molecule has 2 aliphatic rings. The highest BCUT2D eigenvalue weighted by Gasteiger charge is 2.39. The largest absolute Gasteiger partial charge is 0.481 e. The Balaban J connectivity index is 1.11. The Morgan fingerprint density at radius 2 is 1.58 bits per heavy atom. The number of carboxylic acid groups (broad SMARTS) is 1. The van der Waals surface area contributed by atoms with Crippen LogP contribution in [0.25, 0.3) is 0 Å². The molecule has 36 heavy (non-hydrogen) atoms. The lowest BCUT2D eigenvalue weighted by atomic mass is 9.60. The topological polar surface area (TPSA) is 105 Å². The summed E-state index contributed by atoms with van der Waals surface area (Å²) < 4.78 is 5.56. The normalized spacial score (nSPS) is 23.9. The molecule has 1 spiro atoms. The number of nitrogens with one attached hydrogen (secondary N) is 1. The molecule has 1 amide bonds. The molecule has 2 aliphatic carbocycles. The third kappa shape index (κ3) is 5.83. The highest BCUT2D eigenvalue weighted by molar-refractivity contribution is 6.00. The Morgan fingerprint density at radius 1 is 0.917 bits per heavy atom. The number of hydrogen-bond acceptors (Lipinski definition) is 5. The van der Waals surface area contributed by atoms with Crippen molar-refractivity contribution in [3.8, 4) is 0 Å². The molecular formula is C29H33N3O4. The van der Waals surface area contributed by atoms with Gasteiger partial charge >= 0.3 is 17.8 Å². The lowest BCUT2D eigenvalue weighted by molar-refractivity contribution is -0.138. The summed E-state index contributed by atoms with van der Waals surface area (Å²) in [7, 11) is 0. The average Bonchev–Trinajstić information content (AvgIpc) is 3.36. The predicted molar refractivity (Wildman–Crippen MR) is 136 cm³/mol. The summed E-state index contributed by atoms with van der Waals surface area (Å²) in [5, 5.41) is 19.8. The van der Waals surface area contributed by atoms with E-state index in [2.05, 4.69) is 27.6 Å². The van der Waals surface area contributed by atoms with E-state index in [1.807, 2.05) is 42.5 Å². The second kappa shape index (κ2) is 10.6. The van der Waals surface area contributed by atoms with Crippen LogP contribution in [-0.4, -0.2) is 27.2 Å². The van der Waals surface area contributed by atoms with Gasteiger partial charge in [-0.25, -0.2) is 0 Å². The fourth-order valence-corrected chi connectivity index (χ4v) is 6.01. The number of aliphatic carboxylic acids is 1. The van der Waals surface area contributed by atoms with E-state index in [4.69, 9.17) is 9.52 Å². The third-order valence-electron chi connectivity index (χ3n) is 8.17. The molecular weight excluding hydrogens is 454 g/mol. The highest BCUT2D eigenvalue weighted by Crippen LogP contribution is 2.52. The maximum atomic E-state index is 12.6. The molecule has 7 nitrogen and oxygen atoms in total. The molecule has 2 N–H and O–H groups in total. The van der Waals surface area contributed by atoms with Crippen LogP contribution in [-0.2, 0) is 11.2 Å². The Kier molecular flexibility index (Phi) is 7.16. The van der Waals surface area contributed by atoms with Crippen LogP contribution in [0.4, 0.5) is 5.69 Å². The molecule has 0 aliphatic heterocycles. The zero-order valence-corrected chi connectivity index (χ0v) is 20.5. The molecule has 188 valence electrons. The van der Waals surface area contributed by atoms with Gasteiger partial charge in [0.2, 0.25) is 5.89 Å². The molecule has 2 aromatic carbocycles. The smallest absolute Gasteiger partial charge is 0.313 e. The molecule has 2 fully saturated rings. The van der Waals surface area contributed by atoms with Crippen molar-refractivity contribution in [2.24, 2.45) is 11.3 Å². The first-order valence-electron chi connectivity index (χ1n) is 13.0. The molecule has 1 heterocycles. The van der Waals surface area contributed by atoms with Crippen LogP contribution < -0.4 is 5.32 Å². The van der Waals surface area contributed by atoms with Gasteiger partial charge in [0.1, 0.15) is 0 Å². The summed E-state index contributed by atoms with van der Waals surface area (Å²) in [6.07, 6.45) is 10.0. The lowest BCUT2D eigenvalue weighted by Crippen LogP contribution is -2.32. The summed E-state index contributed by atoms with van der Waals surface area (Å²) in [4.78, 5) is 23.6. The molecule has 3 aromatic rings. The van der Waals surface area contributed by atoms with E-state index >= 15 is 0 Å². The van der Waals surface area contributed by atoms with E-state index in [0.29, 0.717) is 41.7 Å². The predicted octanol–water partition coefficient (Wildman–Crippen LogP) is 6.22. The number of carbonyl (C=O) groups is 2. The minimum atomic E-state index is -0.663. The van der Waals surface area contributed by atoms with E-state index in [1.54, 1.807) is 0 Å². The first kappa shape index (κ1) is 24.2. The summed E-state index contributed by atoms with van der Waals surface area (Å²) in [6.45, 7) is 0. The van der Waals surface area contributed by atoms with E-state index in [1.165, 1.54) is 44.1 Å². The Hall–Kier alpha value is -3.48. The molecule has 5 rings (SSSR count). The lowest BCUT2D eigenvalue weighted by Gasteiger charge is -2.45. The average molecular weight is 488 g/mol. The summed E-state index contributed by atoms with van der Waals surface area (Å²) in [5.74, 6) is 0.189. The number of aromatic nitrogens is 2. The first-order valence-corrected chi connectivity index (χ1v) is 13.0. The van der Waals surface area contributed by atoms with Crippen molar-refractivity contribution in [1.29, 1.82) is 0 Å². The van der Waals surface area contributed by atoms with E-state index < -0.39 is 11.9 Å². The van der Waals surface area contributed by atoms with Crippen molar-refractivity contribution >= 4 is 17.6 Å². The molecule has 2 saturated carbocycles. The second-order valence-corrected chi connectivity index (χ2v) is 10.6. The molecule has 1 aromatic heterocycles. The molecule has 7 heteroatoms. The van der Waals surface area contributed by atoms with Gasteiger partial charge in [0.05, 0.1) is 6.42 Å². The molecule has 0 unspecified atom stereocenters. The second-order valence-electron chi connectivity index (χ2n) is 10.6. The van der Waals surface area contributed by atoms with Crippen LogP contribution in [0.15, 0.2) is 59.0 Å². The Bertz CT molecular complexity index is 1170. The van der Waals surface area contributed by atoms with Crippen molar-refractivity contribution in [3.63, 3.8) is 0 Å². The van der Waals surface area contributed by atoms with Gasteiger partial charge in [-0.2, -0.15) is 0 Å². The van der Waals surface area contributed by atoms with Gasteiger partial charge in [-0.15, -0.1) is 10.2 Å². The number of benzene rings is 2. The van der Waals surface area contributed by atoms with Crippen LogP contribution in [0.2, 0.25) is 0 Å². The van der Waals surface area contributed by atoms with Crippen LogP contribution in [0, 0.1) is 11.3 Å². The zero-order valence-electron chi connectivity index (χ0n) is 20.5. The molecule has 0 bridgehead atoms. The van der Waals surface area contributed by atoms with Gasteiger partial charge in [-0.1, -0.05) is 42.5 Å². The van der Waals surface area contributed by atoms with Gasteiger partial charge < -0.3 is 14.8 Å². The Labute approximate surface area is 211 Å². The summed E-state index contributed by atoms with van der Waals surface area (Å²) in [6, 6.07) is 17.9. The van der Waals surface area contributed by atoms with Gasteiger partial charge in [0, 0.05) is 12.1 Å². The fourth-order valence-electron chi connectivity index (χ4n) is 6.01. The first-order chi connectivity index (χ1) is 17.5. The van der Waals surface area contributed by atoms with Gasteiger partial charge in [0.15, 0.2) is 0 Å². The van der Waals surface area contributed by atoms with Gasteiger partial charge in [-0.05, 0) is 91.9 Å². The van der Waals surface area contributed by atoms with Crippen molar-refractivity contribution in [2.45, 2.75) is 70.1 Å². The number of carboxylic acids is 1. The number of amides is 1. The minimum absolute atomic E-state index is 0.0411. The minimum Gasteiger partial charge on any atom is -0.481 e. The van der Waals surface area contributed by atoms with Crippen LogP contribution in [0.3, 0.4) is 0 Å². The van der Waals surface area contributed by atoms with Crippen molar-refractivity contribution < 1.29 is 19.1 Å².